The molecule has 130 valence electrons. The van der Waals surface area contributed by atoms with Crippen molar-refractivity contribution in [3.05, 3.63) is 29.6 Å². The van der Waals surface area contributed by atoms with Crippen LogP contribution >= 0.6 is 0 Å². The summed E-state index contributed by atoms with van der Waals surface area (Å²) >= 11 is 0. The van der Waals surface area contributed by atoms with Gasteiger partial charge in [0.2, 0.25) is 10.0 Å². The Kier molecular flexibility index (Phi) is 6.26. The van der Waals surface area contributed by atoms with E-state index in [1.165, 1.54) is 0 Å². The highest BCUT2D eigenvalue weighted by molar-refractivity contribution is 7.89. The summed E-state index contributed by atoms with van der Waals surface area (Å²) in [6.45, 7) is 5.66. The standard InChI is InChI=1S/C15H23FN2O4S/c1-10(2)8-15(3,9-17)18-23(20,21)13-6-5-11(16)7-12(13)14(19)22-4/h5-7,10,18H,8-9,17H2,1-4H3. The van der Waals surface area contributed by atoms with E-state index in [0.29, 0.717) is 6.42 Å². The maximum absolute atomic E-state index is 13.4. The molecular formula is C15H23FN2O4S. The van der Waals surface area contributed by atoms with Gasteiger partial charge in [0, 0.05) is 12.1 Å². The fourth-order valence-corrected chi connectivity index (χ4v) is 4.06. The molecule has 0 spiro atoms. The molecule has 0 saturated carbocycles. The van der Waals surface area contributed by atoms with Crippen molar-refractivity contribution in [2.75, 3.05) is 13.7 Å². The number of rotatable bonds is 7. The van der Waals surface area contributed by atoms with Crippen LogP contribution in [0.1, 0.15) is 37.6 Å². The molecule has 3 N–H and O–H groups in total. The normalized spacial score (nSPS) is 14.6. The fraction of sp³-hybridized carbons (Fsp3) is 0.533. The fourth-order valence-electron chi connectivity index (χ4n) is 2.45. The van der Waals surface area contributed by atoms with Crippen molar-refractivity contribution in [1.29, 1.82) is 0 Å². The number of ether oxygens (including phenoxy) is 1. The van der Waals surface area contributed by atoms with E-state index in [2.05, 4.69) is 9.46 Å². The van der Waals surface area contributed by atoms with E-state index in [0.717, 1.165) is 25.3 Å². The van der Waals surface area contributed by atoms with Crippen LogP contribution in [0.15, 0.2) is 23.1 Å². The molecule has 0 aliphatic heterocycles. The maximum atomic E-state index is 13.4. The number of methoxy groups -OCH3 is 1. The van der Waals surface area contributed by atoms with Gasteiger partial charge in [0.1, 0.15) is 5.82 Å². The first kappa shape index (κ1) is 19.5. The van der Waals surface area contributed by atoms with Crippen molar-refractivity contribution in [2.24, 2.45) is 11.7 Å². The van der Waals surface area contributed by atoms with Crippen molar-refractivity contribution < 1.29 is 22.3 Å². The van der Waals surface area contributed by atoms with Gasteiger partial charge >= 0.3 is 5.97 Å². The molecule has 1 rings (SSSR count). The van der Waals surface area contributed by atoms with Crippen molar-refractivity contribution in [3.63, 3.8) is 0 Å². The zero-order valence-electron chi connectivity index (χ0n) is 13.7. The molecule has 6 nitrogen and oxygen atoms in total. The Morgan fingerprint density at radius 3 is 2.52 bits per heavy atom. The molecule has 0 bridgehead atoms. The van der Waals surface area contributed by atoms with Crippen LogP contribution in [-0.4, -0.2) is 33.6 Å². The molecule has 1 atom stereocenters. The number of benzene rings is 1. The Bertz CT molecular complexity index is 676. The van der Waals surface area contributed by atoms with Crippen LogP contribution < -0.4 is 10.5 Å². The lowest BCUT2D eigenvalue weighted by Gasteiger charge is -2.31. The zero-order valence-corrected chi connectivity index (χ0v) is 14.5. The smallest absolute Gasteiger partial charge is 0.339 e. The van der Waals surface area contributed by atoms with Crippen LogP contribution in [0.25, 0.3) is 0 Å². The summed E-state index contributed by atoms with van der Waals surface area (Å²) in [4.78, 5) is 11.4. The second-order valence-corrected chi connectivity index (χ2v) is 7.75. The number of sulfonamides is 1. The van der Waals surface area contributed by atoms with E-state index in [9.17, 15) is 17.6 Å². The first-order chi connectivity index (χ1) is 10.5. The van der Waals surface area contributed by atoms with E-state index in [1.54, 1.807) is 6.92 Å². The predicted molar refractivity (Wildman–Crippen MR) is 85.0 cm³/mol. The zero-order chi connectivity index (χ0) is 17.8. The van der Waals surface area contributed by atoms with Crippen LogP contribution in [0, 0.1) is 11.7 Å². The van der Waals surface area contributed by atoms with E-state index in [4.69, 9.17) is 5.73 Å². The average Bonchev–Trinajstić information content (AvgIpc) is 2.44. The lowest BCUT2D eigenvalue weighted by Crippen LogP contribution is -2.52. The number of carbonyl (C=O) groups excluding carboxylic acids is 1. The molecule has 1 unspecified atom stereocenters. The molecule has 0 heterocycles. The highest BCUT2D eigenvalue weighted by Gasteiger charge is 2.32. The Hall–Kier alpha value is -1.51. The summed E-state index contributed by atoms with van der Waals surface area (Å²) in [5, 5.41) is 0. The van der Waals surface area contributed by atoms with Crippen LogP contribution in [0.2, 0.25) is 0 Å². The monoisotopic (exact) mass is 346 g/mol. The number of halogens is 1. The predicted octanol–water partition coefficient (Wildman–Crippen LogP) is 1.65. The highest BCUT2D eigenvalue weighted by atomic mass is 32.2. The van der Waals surface area contributed by atoms with Gasteiger partial charge in [-0.2, -0.15) is 0 Å². The van der Waals surface area contributed by atoms with Gasteiger partial charge in [-0.05, 0) is 37.5 Å². The molecule has 0 aliphatic carbocycles. The number of hydrogen-bond donors (Lipinski definition) is 2. The van der Waals surface area contributed by atoms with Crippen molar-refractivity contribution in [1.82, 2.24) is 4.72 Å². The van der Waals surface area contributed by atoms with Gasteiger partial charge in [-0.1, -0.05) is 13.8 Å². The number of hydrogen-bond acceptors (Lipinski definition) is 5. The maximum Gasteiger partial charge on any atom is 0.339 e. The molecule has 0 radical (unpaired) electrons. The van der Waals surface area contributed by atoms with Crippen molar-refractivity contribution in [3.8, 4) is 0 Å². The quantitative estimate of drug-likeness (QED) is 0.732. The summed E-state index contributed by atoms with van der Waals surface area (Å²) in [6, 6.07) is 2.85. The summed E-state index contributed by atoms with van der Waals surface area (Å²) < 4.78 is 45.7. The summed E-state index contributed by atoms with van der Waals surface area (Å²) in [6.07, 6.45) is 0.511. The average molecular weight is 346 g/mol. The molecule has 8 heteroatoms. The van der Waals surface area contributed by atoms with E-state index < -0.39 is 27.3 Å². The van der Waals surface area contributed by atoms with Crippen LogP contribution in [-0.2, 0) is 14.8 Å². The number of carbonyl (C=O) groups is 1. The lowest BCUT2D eigenvalue weighted by atomic mass is 9.92. The third kappa shape index (κ3) is 4.98. The number of nitrogens with two attached hydrogens (primary N) is 1. The minimum Gasteiger partial charge on any atom is -0.465 e. The topological polar surface area (TPSA) is 98.5 Å². The van der Waals surface area contributed by atoms with Crippen LogP contribution in [0.3, 0.4) is 0 Å². The van der Waals surface area contributed by atoms with E-state index in [1.807, 2.05) is 13.8 Å². The number of nitrogens with one attached hydrogen (secondary N) is 1. The van der Waals surface area contributed by atoms with Gasteiger partial charge in [0.15, 0.2) is 0 Å². The number of esters is 1. The second kappa shape index (κ2) is 7.37. The van der Waals surface area contributed by atoms with Gasteiger partial charge in [-0.3, -0.25) is 0 Å². The largest absolute Gasteiger partial charge is 0.465 e. The van der Waals surface area contributed by atoms with Crippen molar-refractivity contribution in [2.45, 2.75) is 37.6 Å². The summed E-state index contributed by atoms with van der Waals surface area (Å²) in [5.74, 6) is -1.45. The first-order valence-electron chi connectivity index (χ1n) is 7.16. The highest BCUT2D eigenvalue weighted by Crippen LogP contribution is 2.23. The molecule has 0 amide bonds. The van der Waals surface area contributed by atoms with E-state index >= 15 is 0 Å². The molecule has 0 fully saturated rings. The van der Waals surface area contributed by atoms with Gasteiger partial charge in [0.25, 0.3) is 0 Å². The third-order valence-electron chi connectivity index (χ3n) is 3.33. The van der Waals surface area contributed by atoms with Gasteiger partial charge in [-0.15, -0.1) is 0 Å². The summed E-state index contributed by atoms with van der Waals surface area (Å²) in [7, 11) is -2.98. The molecule has 0 saturated heterocycles. The summed E-state index contributed by atoms with van der Waals surface area (Å²) in [5.41, 5.74) is 4.47. The minimum atomic E-state index is -4.08. The Labute approximate surface area is 136 Å². The van der Waals surface area contributed by atoms with Gasteiger partial charge < -0.3 is 10.5 Å². The molecule has 0 aliphatic rings. The molecule has 23 heavy (non-hydrogen) atoms. The van der Waals surface area contributed by atoms with E-state index in [-0.39, 0.29) is 22.9 Å². The van der Waals surface area contributed by atoms with Crippen molar-refractivity contribution >= 4 is 16.0 Å². The van der Waals surface area contributed by atoms with Crippen LogP contribution in [0.5, 0.6) is 0 Å². The van der Waals surface area contributed by atoms with Gasteiger partial charge in [0.05, 0.1) is 17.6 Å². The lowest BCUT2D eigenvalue weighted by molar-refractivity contribution is 0.0595. The third-order valence-corrected chi connectivity index (χ3v) is 5.02. The second-order valence-electron chi connectivity index (χ2n) is 6.10. The first-order valence-corrected chi connectivity index (χ1v) is 8.65. The minimum absolute atomic E-state index is 0.0825. The molecule has 0 aromatic heterocycles. The molecule has 1 aromatic carbocycles. The Morgan fingerprint density at radius 2 is 2.04 bits per heavy atom. The molecule has 1 aromatic rings. The Morgan fingerprint density at radius 1 is 1.43 bits per heavy atom. The Balaban J connectivity index is 3.31. The van der Waals surface area contributed by atoms with Crippen LogP contribution in [0.4, 0.5) is 4.39 Å². The SMILES string of the molecule is COC(=O)c1cc(F)ccc1S(=O)(=O)NC(C)(CN)CC(C)C. The molecular weight excluding hydrogens is 323 g/mol. The van der Waals surface area contributed by atoms with Gasteiger partial charge in [-0.25, -0.2) is 22.3 Å².